The van der Waals surface area contributed by atoms with Crippen LogP contribution in [0.1, 0.15) is 6.42 Å². The number of rotatable bonds is 5. The van der Waals surface area contributed by atoms with Gasteiger partial charge in [-0.25, -0.2) is 13.1 Å². The molecule has 0 aliphatic carbocycles. The third kappa shape index (κ3) is 3.22. The number of hydrogen-bond acceptors (Lipinski definition) is 6. The molecule has 1 aromatic rings. The minimum Gasteiger partial charge on any atom is -0.387 e. The number of nitrogens with zero attached hydrogens (tertiary/aromatic N) is 1. The Morgan fingerprint density at radius 3 is 2.75 bits per heavy atom. The smallest absolute Gasteiger partial charge is 0.270 e. The lowest BCUT2D eigenvalue weighted by molar-refractivity contribution is -0.385. The van der Waals surface area contributed by atoms with E-state index in [2.05, 4.69) is 10.0 Å². The molecule has 0 saturated carbocycles. The highest BCUT2D eigenvalue weighted by atomic mass is 32.2. The van der Waals surface area contributed by atoms with Crippen LogP contribution in [-0.2, 0) is 10.0 Å². The van der Waals surface area contributed by atoms with E-state index < -0.39 is 14.9 Å². The highest BCUT2D eigenvalue weighted by Crippen LogP contribution is 2.27. The Morgan fingerprint density at radius 1 is 1.45 bits per heavy atom. The lowest BCUT2D eigenvalue weighted by atomic mass is 10.3. The minimum atomic E-state index is -3.77. The molecule has 0 bridgehead atoms. The fourth-order valence-electron chi connectivity index (χ4n) is 1.96. The largest absolute Gasteiger partial charge is 0.387 e. The Labute approximate surface area is 121 Å². The van der Waals surface area contributed by atoms with E-state index in [1.165, 1.54) is 12.1 Å². The first kappa shape index (κ1) is 15.1. The molecule has 1 atom stereocenters. The molecule has 20 heavy (non-hydrogen) atoms. The standard InChI is InChI=1S/C11H15N3O4S2/c1-12-10-3-2-9(14(15)16)6-11(10)20(17,18)13-8-4-5-19-7-8/h2-3,6,8,12-13H,4-5,7H2,1H3. The van der Waals surface area contributed by atoms with Crippen molar-refractivity contribution in [2.45, 2.75) is 17.4 Å². The average Bonchev–Trinajstić information content (AvgIpc) is 2.90. The second-order valence-corrected chi connectivity index (χ2v) is 7.20. The van der Waals surface area contributed by atoms with Gasteiger partial charge in [0.2, 0.25) is 10.0 Å². The molecule has 0 aromatic heterocycles. The van der Waals surface area contributed by atoms with Crippen molar-refractivity contribution in [1.29, 1.82) is 0 Å². The maximum Gasteiger partial charge on any atom is 0.270 e. The van der Waals surface area contributed by atoms with Crippen LogP contribution in [0.5, 0.6) is 0 Å². The van der Waals surface area contributed by atoms with Gasteiger partial charge in [-0.05, 0) is 18.2 Å². The summed E-state index contributed by atoms with van der Waals surface area (Å²) in [5.74, 6) is 1.64. The molecule has 1 fully saturated rings. The third-order valence-electron chi connectivity index (χ3n) is 2.99. The zero-order valence-corrected chi connectivity index (χ0v) is 12.5. The van der Waals surface area contributed by atoms with Crippen molar-refractivity contribution >= 4 is 33.2 Å². The van der Waals surface area contributed by atoms with Gasteiger partial charge in [0.05, 0.1) is 10.6 Å². The summed E-state index contributed by atoms with van der Waals surface area (Å²) in [6.45, 7) is 0. The van der Waals surface area contributed by atoms with Gasteiger partial charge in [-0.15, -0.1) is 0 Å². The van der Waals surface area contributed by atoms with Gasteiger partial charge in [0, 0.05) is 31.0 Å². The molecule has 1 aliphatic heterocycles. The van der Waals surface area contributed by atoms with E-state index in [1.54, 1.807) is 18.8 Å². The molecule has 1 saturated heterocycles. The van der Waals surface area contributed by atoms with Crippen LogP contribution in [0.2, 0.25) is 0 Å². The van der Waals surface area contributed by atoms with E-state index in [0.29, 0.717) is 5.69 Å². The Kier molecular flexibility index (Phi) is 4.51. The monoisotopic (exact) mass is 317 g/mol. The quantitative estimate of drug-likeness (QED) is 0.629. The first-order valence-corrected chi connectivity index (χ1v) is 8.64. The number of nitro benzene ring substituents is 1. The molecule has 2 rings (SSSR count). The van der Waals surface area contributed by atoms with Gasteiger partial charge in [-0.2, -0.15) is 11.8 Å². The molecule has 0 radical (unpaired) electrons. The van der Waals surface area contributed by atoms with Gasteiger partial charge in [-0.3, -0.25) is 10.1 Å². The molecule has 1 heterocycles. The number of sulfonamides is 1. The van der Waals surface area contributed by atoms with E-state index in [9.17, 15) is 18.5 Å². The van der Waals surface area contributed by atoms with Crippen LogP contribution >= 0.6 is 11.8 Å². The average molecular weight is 317 g/mol. The molecule has 0 amide bonds. The maximum atomic E-state index is 12.4. The topological polar surface area (TPSA) is 101 Å². The predicted octanol–water partition coefficient (Wildman–Crippen LogP) is 1.42. The zero-order chi connectivity index (χ0) is 14.8. The van der Waals surface area contributed by atoms with E-state index in [4.69, 9.17) is 0 Å². The third-order valence-corrected chi connectivity index (χ3v) is 5.71. The molecule has 2 N–H and O–H groups in total. The summed E-state index contributed by atoms with van der Waals surface area (Å²) in [5, 5.41) is 13.5. The van der Waals surface area contributed by atoms with Crippen molar-refractivity contribution in [2.75, 3.05) is 23.9 Å². The molecule has 9 heteroatoms. The molecular weight excluding hydrogens is 302 g/mol. The van der Waals surface area contributed by atoms with Gasteiger partial charge in [-0.1, -0.05) is 0 Å². The number of hydrogen-bond donors (Lipinski definition) is 2. The van der Waals surface area contributed by atoms with Crippen LogP contribution in [0.25, 0.3) is 0 Å². The molecule has 1 aromatic carbocycles. The van der Waals surface area contributed by atoms with Crippen molar-refractivity contribution in [3.8, 4) is 0 Å². The van der Waals surface area contributed by atoms with E-state index >= 15 is 0 Å². The number of benzene rings is 1. The van der Waals surface area contributed by atoms with Gasteiger partial charge < -0.3 is 5.32 Å². The van der Waals surface area contributed by atoms with Crippen molar-refractivity contribution < 1.29 is 13.3 Å². The van der Waals surface area contributed by atoms with Crippen LogP contribution in [0.15, 0.2) is 23.1 Å². The summed E-state index contributed by atoms with van der Waals surface area (Å²) in [4.78, 5) is 10.1. The highest BCUT2D eigenvalue weighted by Gasteiger charge is 2.26. The molecule has 1 unspecified atom stereocenters. The molecule has 7 nitrogen and oxygen atoms in total. The van der Waals surface area contributed by atoms with Crippen LogP contribution < -0.4 is 10.0 Å². The molecule has 1 aliphatic rings. The summed E-state index contributed by atoms with van der Waals surface area (Å²) in [6, 6.07) is 3.64. The summed E-state index contributed by atoms with van der Waals surface area (Å²) in [6.07, 6.45) is 0.772. The number of nitro groups is 1. The number of non-ortho nitro benzene ring substituents is 1. The summed E-state index contributed by atoms with van der Waals surface area (Å²) in [7, 11) is -2.20. The SMILES string of the molecule is CNc1ccc([N+](=O)[O-])cc1S(=O)(=O)NC1CCSC1. The minimum absolute atomic E-state index is 0.0916. The van der Waals surface area contributed by atoms with Crippen molar-refractivity contribution in [3.05, 3.63) is 28.3 Å². The van der Waals surface area contributed by atoms with E-state index in [0.717, 1.165) is 24.0 Å². The second kappa shape index (κ2) is 5.98. The van der Waals surface area contributed by atoms with Crippen LogP contribution in [0, 0.1) is 10.1 Å². The highest BCUT2D eigenvalue weighted by molar-refractivity contribution is 7.99. The molecule has 0 spiro atoms. The molecule has 110 valence electrons. The fourth-order valence-corrected chi connectivity index (χ4v) is 4.72. The Balaban J connectivity index is 2.37. The Bertz CT molecular complexity index is 612. The first-order chi connectivity index (χ1) is 9.44. The van der Waals surface area contributed by atoms with Gasteiger partial charge in [0.25, 0.3) is 5.69 Å². The fraction of sp³-hybridized carbons (Fsp3) is 0.455. The van der Waals surface area contributed by atoms with Crippen molar-refractivity contribution in [2.24, 2.45) is 0 Å². The predicted molar refractivity (Wildman–Crippen MR) is 78.7 cm³/mol. The van der Waals surface area contributed by atoms with E-state index in [-0.39, 0.29) is 16.6 Å². The van der Waals surface area contributed by atoms with Gasteiger partial charge in [0.1, 0.15) is 4.90 Å². The number of nitrogens with one attached hydrogen (secondary N) is 2. The maximum absolute atomic E-state index is 12.4. The van der Waals surface area contributed by atoms with Crippen LogP contribution in [0.3, 0.4) is 0 Å². The van der Waals surface area contributed by atoms with Gasteiger partial charge >= 0.3 is 0 Å². The van der Waals surface area contributed by atoms with Crippen LogP contribution in [-0.4, -0.2) is 37.9 Å². The summed E-state index contributed by atoms with van der Waals surface area (Å²) in [5.41, 5.74) is 0.0962. The van der Waals surface area contributed by atoms with Crippen molar-refractivity contribution in [1.82, 2.24) is 4.72 Å². The summed E-state index contributed by atoms with van der Waals surface area (Å²) < 4.78 is 27.3. The molecular formula is C11H15N3O4S2. The van der Waals surface area contributed by atoms with Crippen LogP contribution in [0.4, 0.5) is 11.4 Å². The summed E-state index contributed by atoms with van der Waals surface area (Å²) >= 11 is 1.69. The zero-order valence-electron chi connectivity index (χ0n) is 10.8. The lowest BCUT2D eigenvalue weighted by Crippen LogP contribution is -2.35. The Morgan fingerprint density at radius 2 is 2.20 bits per heavy atom. The first-order valence-electron chi connectivity index (χ1n) is 6.00. The second-order valence-electron chi connectivity index (χ2n) is 4.37. The number of anilines is 1. The van der Waals surface area contributed by atoms with Gasteiger partial charge in [0.15, 0.2) is 0 Å². The normalized spacial score (nSPS) is 18.9. The lowest BCUT2D eigenvalue weighted by Gasteiger charge is -2.14. The van der Waals surface area contributed by atoms with Crippen molar-refractivity contribution in [3.63, 3.8) is 0 Å². The van der Waals surface area contributed by atoms with E-state index in [1.807, 2.05) is 0 Å². The number of thioether (sulfide) groups is 1. The Hall–Kier alpha value is -1.32.